The lowest BCUT2D eigenvalue weighted by atomic mass is 9.81. The van der Waals surface area contributed by atoms with Crippen molar-refractivity contribution in [2.75, 3.05) is 6.61 Å². The highest BCUT2D eigenvalue weighted by Gasteiger charge is 2.38. The lowest BCUT2D eigenvalue weighted by molar-refractivity contribution is 0.340. The molecule has 0 radical (unpaired) electrons. The lowest BCUT2D eigenvalue weighted by Gasteiger charge is -2.26. The summed E-state index contributed by atoms with van der Waals surface area (Å²) in [5.74, 6) is 2.04. The average Bonchev–Trinajstić information content (AvgIpc) is 3.31. The molecule has 2 aromatic carbocycles. The van der Waals surface area contributed by atoms with E-state index in [1.165, 1.54) is 39.7 Å². The number of nitrogens with zero attached hydrogens (tertiary/aromatic N) is 1. The fourth-order valence-electron chi connectivity index (χ4n) is 4.81. The molecule has 1 aliphatic rings. The van der Waals surface area contributed by atoms with Crippen molar-refractivity contribution in [3.05, 3.63) is 64.8 Å². The number of aryl methyl sites for hydroxylation is 1. The van der Waals surface area contributed by atoms with Crippen LogP contribution in [0.25, 0.3) is 10.9 Å². The van der Waals surface area contributed by atoms with E-state index >= 15 is 0 Å². The SMILES string of the molecule is CCOc1ccc(C(C)(C)c2cc3c(C(C)C)c(C4CC4S)ccc3n2C)cc1. The van der Waals surface area contributed by atoms with Crippen LogP contribution in [0.1, 0.15) is 75.3 Å². The Hall–Kier alpha value is -1.87. The van der Waals surface area contributed by atoms with E-state index in [4.69, 9.17) is 17.4 Å². The third-order valence-electron chi connectivity index (χ3n) is 6.56. The lowest BCUT2D eigenvalue weighted by Crippen LogP contribution is -2.22. The number of hydrogen-bond acceptors (Lipinski definition) is 2. The zero-order chi connectivity index (χ0) is 20.9. The van der Waals surface area contributed by atoms with Crippen LogP contribution in [-0.2, 0) is 12.5 Å². The molecule has 3 aromatic rings. The van der Waals surface area contributed by atoms with Gasteiger partial charge in [0.1, 0.15) is 5.75 Å². The van der Waals surface area contributed by atoms with Gasteiger partial charge in [0.05, 0.1) is 6.61 Å². The number of hydrogen-bond donors (Lipinski definition) is 1. The fourth-order valence-corrected chi connectivity index (χ4v) is 5.20. The molecule has 1 heterocycles. The highest BCUT2D eigenvalue weighted by molar-refractivity contribution is 7.81. The average molecular weight is 408 g/mol. The highest BCUT2D eigenvalue weighted by atomic mass is 32.1. The first-order valence-corrected chi connectivity index (χ1v) is 11.3. The third kappa shape index (κ3) is 3.48. The van der Waals surface area contributed by atoms with Crippen LogP contribution in [0.5, 0.6) is 5.75 Å². The summed E-state index contributed by atoms with van der Waals surface area (Å²) in [4.78, 5) is 0. The van der Waals surface area contributed by atoms with E-state index in [1.807, 2.05) is 6.92 Å². The summed E-state index contributed by atoms with van der Waals surface area (Å²) in [6, 6.07) is 15.7. The zero-order valence-corrected chi connectivity index (χ0v) is 19.4. The molecule has 1 saturated carbocycles. The Morgan fingerprint density at radius 3 is 2.34 bits per heavy atom. The smallest absolute Gasteiger partial charge is 0.119 e. The van der Waals surface area contributed by atoms with Gasteiger partial charge in [0.15, 0.2) is 0 Å². The summed E-state index contributed by atoms with van der Waals surface area (Å²) in [5, 5.41) is 1.93. The van der Waals surface area contributed by atoms with Gasteiger partial charge in [0.25, 0.3) is 0 Å². The first kappa shape index (κ1) is 20.4. The summed E-state index contributed by atoms with van der Waals surface area (Å²) in [6.07, 6.45) is 1.20. The minimum Gasteiger partial charge on any atom is -0.494 e. The van der Waals surface area contributed by atoms with Crippen LogP contribution >= 0.6 is 12.6 Å². The highest BCUT2D eigenvalue weighted by Crippen LogP contribution is 2.49. The molecule has 0 bridgehead atoms. The number of rotatable bonds is 6. The Balaban J connectivity index is 1.83. The molecular formula is C26H33NOS. The third-order valence-corrected chi connectivity index (χ3v) is 7.13. The zero-order valence-electron chi connectivity index (χ0n) is 18.5. The minimum atomic E-state index is -0.0986. The van der Waals surface area contributed by atoms with Gasteiger partial charge in [-0.2, -0.15) is 12.6 Å². The van der Waals surface area contributed by atoms with Gasteiger partial charge in [0, 0.05) is 34.3 Å². The number of aromatic nitrogens is 1. The second kappa shape index (κ2) is 7.43. The maximum Gasteiger partial charge on any atom is 0.119 e. The van der Waals surface area contributed by atoms with Crippen molar-refractivity contribution in [1.82, 2.24) is 4.57 Å². The Morgan fingerprint density at radius 2 is 1.79 bits per heavy atom. The van der Waals surface area contributed by atoms with Crippen molar-refractivity contribution in [2.45, 2.75) is 63.5 Å². The Kier molecular flexibility index (Phi) is 5.23. The van der Waals surface area contributed by atoms with E-state index in [0.29, 0.717) is 23.7 Å². The molecular weight excluding hydrogens is 374 g/mol. The van der Waals surface area contributed by atoms with Crippen LogP contribution in [0.15, 0.2) is 42.5 Å². The van der Waals surface area contributed by atoms with Gasteiger partial charge in [-0.25, -0.2) is 0 Å². The molecule has 29 heavy (non-hydrogen) atoms. The van der Waals surface area contributed by atoms with Gasteiger partial charge < -0.3 is 9.30 Å². The number of ether oxygens (including phenoxy) is 1. The maximum atomic E-state index is 5.63. The molecule has 3 heteroatoms. The molecule has 0 aliphatic heterocycles. The van der Waals surface area contributed by atoms with Gasteiger partial charge in [-0.3, -0.25) is 0 Å². The van der Waals surface area contributed by atoms with Gasteiger partial charge in [-0.05, 0) is 66.1 Å². The Bertz CT molecular complexity index is 1030. The van der Waals surface area contributed by atoms with E-state index in [0.717, 1.165) is 5.75 Å². The van der Waals surface area contributed by atoms with Crippen LogP contribution in [0.2, 0.25) is 0 Å². The summed E-state index contributed by atoms with van der Waals surface area (Å²) in [7, 11) is 2.20. The molecule has 2 unspecified atom stereocenters. The minimum absolute atomic E-state index is 0.0986. The first-order valence-electron chi connectivity index (χ1n) is 10.8. The largest absolute Gasteiger partial charge is 0.494 e. The Morgan fingerprint density at radius 1 is 1.14 bits per heavy atom. The van der Waals surface area contributed by atoms with Crippen LogP contribution in [0.4, 0.5) is 0 Å². The van der Waals surface area contributed by atoms with Gasteiger partial charge in [-0.1, -0.05) is 45.9 Å². The van der Waals surface area contributed by atoms with E-state index in [2.05, 4.69) is 81.8 Å². The normalized spacial score (nSPS) is 19.2. The van der Waals surface area contributed by atoms with Crippen molar-refractivity contribution in [2.24, 2.45) is 7.05 Å². The molecule has 1 aliphatic carbocycles. The van der Waals surface area contributed by atoms with E-state index in [-0.39, 0.29) is 5.41 Å². The predicted molar refractivity (Wildman–Crippen MR) is 127 cm³/mol. The molecule has 0 saturated heterocycles. The van der Waals surface area contributed by atoms with E-state index < -0.39 is 0 Å². The molecule has 1 fully saturated rings. The van der Waals surface area contributed by atoms with Crippen molar-refractivity contribution in [3.63, 3.8) is 0 Å². The predicted octanol–water partition coefficient (Wildman–Crippen LogP) is 6.81. The van der Waals surface area contributed by atoms with Crippen LogP contribution < -0.4 is 4.74 Å². The molecule has 154 valence electrons. The van der Waals surface area contributed by atoms with Crippen LogP contribution in [0.3, 0.4) is 0 Å². The molecule has 2 atom stereocenters. The maximum absolute atomic E-state index is 5.63. The molecule has 0 spiro atoms. The first-order chi connectivity index (χ1) is 13.8. The monoisotopic (exact) mass is 407 g/mol. The van der Waals surface area contributed by atoms with E-state index in [9.17, 15) is 0 Å². The van der Waals surface area contributed by atoms with Crippen molar-refractivity contribution in [1.29, 1.82) is 0 Å². The molecule has 2 nitrogen and oxygen atoms in total. The number of benzene rings is 2. The fraction of sp³-hybridized carbons (Fsp3) is 0.462. The Labute approximate surface area is 180 Å². The molecule has 0 amide bonds. The second-order valence-corrected chi connectivity index (χ2v) is 9.90. The summed E-state index contributed by atoms with van der Waals surface area (Å²) in [5.41, 5.74) is 6.88. The number of thiol groups is 1. The summed E-state index contributed by atoms with van der Waals surface area (Å²) < 4.78 is 8.01. The standard InChI is InChI=1S/C26H33NOS/c1-7-28-18-10-8-17(9-11-18)26(4,5)24-15-21-22(27(24)6)13-12-19(20-14-23(20)29)25(21)16(2)3/h8-13,15-16,20,23,29H,7,14H2,1-6H3. The second-order valence-electron chi connectivity index (χ2n) is 9.24. The van der Waals surface area contributed by atoms with Crippen molar-refractivity contribution >= 4 is 23.5 Å². The topological polar surface area (TPSA) is 14.2 Å². The molecule has 1 aromatic heterocycles. The van der Waals surface area contributed by atoms with Gasteiger partial charge in [0.2, 0.25) is 0 Å². The molecule has 0 N–H and O–H groups in total. The summed E-state index contributed by atoms with van der Waals surface area (Å²) >= 11 is 4.72. The summed E-state index contributed by atoms with van der Waals surface area (Å²) in [6.45, 7) is 12.0. The van der Waals surface area contributed by atoms with E-state index in [1.54, 1.807) is 0 Å². The van der Waals surface area contributed by atoms with Gasteiger partial charge >= 0.3 is 0 Å². The van der Waals surface area contributed by atoms with Crippen LogP contribution in [0, 0.1) is 0 Å². The van der Waals surface area contributed by atoms with Crippen molar-refractivity contribution < 1.29 is 4.74 Å². The number of fused-ring (bicyclic) bond motifs is 1. The quantitative estimate of drug-likeness (QED) is 0.443. The van der Waals surface area contributed by atoms with Crippen LogP contribution in [-0.4, -0.2) is 16.4 Å². The van der Waals surface area contributed by atoms with Crippen molar-refractivity contribution in [3.8, 4) is 5.75 Å². The molecule has 4 rings (SSSR count). The van der Waals surface area contributed by atoms with Gasteiger partial charge in [-0.15, -0.1) is 0 Å².